The van der Waals surface area contributed by atoms with Gasteiger partial charge < -0.3 is 0 Å². The van der Waals surface area contributed by atoms with Crippen LogP contribution in [0.25, 0.3) is 0 Å². The molecule has 0 spiro atoms. The molecule has 0 aliphatic heterocycles. The van der Waals surface area contributed by atoms with Gasteiger partial charge in [-0.05, 0) is 19.9 Å². The van der Waals surface area contributed by atoms with E-state index in [1.807, 2.05) is 0 Å². The molecular formula is C8H14N2O4. The lowest BCUT2D eigenvalue weighted by Crippen LogP contribution is -2.47. The van der Waals surface area contributed by atoms with Gasteiger partial charge in [0.1, 0.15) is 0 Å². The van der Waals surface area contributed by atoms with Crippen LogP contribution >= 0.6 is 0 Å². The third-order valence-electron chi connectivity index (χ3n) is 1.91. The van der Waals surface area contributed by atoms with Crippen molar-refractivity contribution in [3.63, 3.8) is 0 Å². The van der Waals surface area contributed by atoms with Crippen LogP contribution in [0.15, 0.2) is 11.6 Å². The number of nitro groups is 2. The molecule has 0 rings (SSSR count). The van der Waals surface area contributed by atoms with Crippen molar-refractivity contribution in [3.05, 3.63) is 31.9 Å². The summed E-state index contributed by atoms with van der Waals surface area (Å²) < 4.78 is 0. The van der Waals surface area contributed by atoms with Crippen LogP contribution in [0, 0.1) is 20.2 Å². The van der Waals surface area contributed by atoms with Gasteiger partial charge in [-0.1, -0.05) is 5.57 Å². The molecule has 0 aromatic rings. The summed E-state index contributed by atoms with van der Waals surface area (Å²) >= 11 is 0. The molecule has 0 aromatic carbocycles. The lowest BCUT2D eigenvalue weighted by molar-refractivity contribution is -0.638. The number of rotatable bonds is 4. The zero-order valence-electron chi connectivity index (χ0n) is 8.68. The van der Waals surface area contributed by atoms with Crippen LogP contribution in [0.5, 0.6) is 0 Å². The Bertz CT molecular complexity index is 279. The van der Waals surface area contributed by atoms with Crippen LogP contribution in [0.2, 0.25) is 0 Å². The molecule has 0 heterocycles. The first-order chi connectivity index (χ1) is 6.19. The first-order valence-corrected chi connectivity index (χ1v) is 4.12. The van der Waals surface area contributed by atoms with E-state index in [4.69, 9.17) is 0 Å². The van der Waals surface area contributed by atoms with E-state index in [-0.39, 0.29) is 0 Å². The van der Waals surface area contributed by atoms with Crippen molar-refractivity contribution in [1.82, 2.24) is 0 Å². The summed E-state index contributed by atoms with van der Waals surface area (Å²) in [5, 5.41) is 21.3. The molecule has 0 aliphatic carbocycles. The minimum Gasteiger partial charge on any atom is -0.264 e. The highest BCUT2D eigenvalue weighted by Gasteiger charge is 2.48. The Labute approximate surface area is 81.9 Å². The second kappa shape index (κ2) is 4.17. The highest BCUT2D eigenvalue weighted by molar-refractivity contribution is 5.03. The molecule has 80 valence electrons. The Morgan fingerprint density at radius 3 is 1.93 bits per heavy atom. The Hall–Kier alpha value is -1.46. The maximum atomic E-state index is 10.6. The predicted octanol–water partition coefficient (Wildman–Crippen LogP) is 1.65. The van der Waals surface area contributed by atoms with Gasteiger partial charge in [0.05, 0.1) is 0 Å². The Morgan fingerprint density at radius 2 is 1.71 bits per heavy atom. The number of allylic oxidation sites excluding steroid dienone is 1. The highest BCUT2D eigenvalue weighted by atomic mass is 16.6. The van der Waals surface area contributed by atoms with E-state index in [0.717, 1.165) is 0 Å². The van der Waals surface area contributed by atoms with Crippen molar-refractivity contribution in [2.24, 2.45) is 0 Å². The largest absolute Gasteiger partial charge is 0.299 e. The fraction of sp³-hybridized carbons (Fsp3) is 0.750. The number of hydrogen-bond donors (Lipinski definition) is 0. The Balaban J connectivity index is 5.12. The van der Waals surface area contributed by atoms with Gasteiger partial charge in [-0.3, -0.25) is 20.2 Å². The molecule has 0 unspecified atom stereocenters. The summed E-state index contributed by atoms with van der Waals surface area (Å²) in [5.74, 6) is 0. The Morgan fingerprint density at radius 1 is 1.29 bits per heavy atom. The second-order valence-electron chi connectivity index (χ2n) is 3.88. The van der Waals surface area contributed by atoms with Gasteiger partial charge in [-0.15, -0.1) is 0 Å². The van der Waals surface area contributed by atoms with E-state index in [1.165, 1.54) is 19.9 Å². The van der Waals surface area contributed by atoms with Crippen molar-refractivity contribution < 1.29 is 9.85 Å². The number of hydrogen-bond acceptors (Lipinski definition) is 4. The smallest absolute Gasteiger partial charge is 0.264 e. The van der Waals surface area contributed by atoms with Crippen molar-refractivity contribution >= 4 is 0 Å². The van der Waals surface area contributed by atoms with Gasteiger partial charge in [0.25, 0.3) is 11.6 Å². The third kappa shape index (κ3) is 2.79. The maximum absolute atomic E-state index is 10.6. The normalized spacial score (nSPS) is 13.1. The molecule has 0 saturated carbocycles. The van der Waals surface area contributed by atoms with E-state index < -0.39 is 21.4 Å². The topological polar surface area (TPSA) is 86.3 Å². The quantitative estimate of drug-likeness (QED) is 0.394. The highest BCUT2D eigenvalue weighted by Crippen LogP contribution is 2.18. The minimum atomic E-state index is -1.58. The summed E-state index contributed by atoms with van der Waals surface area (Å²) in [6.07, 6.45) is 1.31. The van der Waals surface area contributed by atoms with Crippen molar-refractivity contribution in [2.75, 3.05) is 0 Å². The monoisotopic (exact) mass is 202 g/mol. The second-order valence-corrected chi connectivity index (χ2v) is 3.88. The van der Waals surface area contributed by atoms with Crippen LogP contribution in [0.3, 0.4) is 0 Å². The fourth-order valence-corrected chi connectivity index (χ4v) is 0.946. The molecule has 0 amide bonds. The van der Waals surface area contributed by atoms with Crippen LogP contribution < -0.4 is 0 Å². The molecule has 0 bridgehead atoms. The van der Waals surface area contributed by atoms with Gasteiger partial charge in [-0.25, -0.2) is 0 Å². The SMILES string of the molecule is CC(C)=C[C@@H]([N+](=O)[O-])C(C)(C)[N+](=O)[O-]. The predicted molar refractivity (Wildman–Crippen MR) is 51.3 cm³/mol. The minimum absolute atomic E-state index is 0.625. The molecule has 14 heavy (non-hydrogen) atoms. The van der Waals surface area contributed by atoms with Crippen molar-refractivity contribution in [2.45, 2.75) is 39.3 Å². The fourth-order valence-electron chi connectivity index (χ4n) is 0.946. The summed E-state index contributed by atoms with van der Waals surface area (Å²) in [4.78, 5) is 20.0. The molecule has 0 aliphatic rings. The van der Waals surface area contributed by atoms with Gasteiger partial charge in [0, 0.05) is 23.7 Å². The zero-order valence-corrected chi connectivity index (χ0v) is 8.68. The Kier molecular flexibility index (Phi) is 3.73. The molecule has 0 saturated heterocycles. The van der Waals surface area contributed by atoms with E-state index in [1.54, 1.807) is 13.8 Å². The van der Waals surface area contributed by atoms with E-state index in [0.29, 0.717) is 5.57 Å². The van der Waals surface area contributed by atoms with Crippen LogP contribution in [0.4, 0.5) is 0 Å². The molecule has 6 nitrogen and oxygen atoms in total. The zero-order chi connectivity index (χ0) is 11.5. The van der Waals surface area contributed by atoms with E-state index in [9.17, 15) is 20.2 Å². The molecule has 0 fully saturated rings. The van der Waals surface area contributed by atoms with E-state index >= 15 is 0 Å². The molecule has 6 heteroatoms. The molecule has 0 aromatic heterocycles. The molecule has 0 radical (unpaired) electrons. The molecule has 1 atom stereocenters. The summed E-state index contributed by atoms with van der Waals surface area (Å²) in [6.45, 7) is 5.85. The summed E-state index contributed by atoms with van der Waals surface area (Å²) in [5.41, 5.74) is -0.887. The standard InChI is InChI=1S/C8H14N2O4/c1-6(2)5-7(9(11)12)8(3,4)10(13)14/h5,7H,1-4H3/t7-/m1/s1. The first kappa shape index (κ1) is 12.5. The van der Waals surface area contributed by atoms with Crippen LogP contribution in [0.1, 0.15) is 27.7 Å². The van der Waals surface area contributed by atoms with Gasteiger partial charge in [0.2, 0.25) is 0 Å². The molecular weight excluding hydrogens is 188 g/mol. The van der Waals surface area contributed by atoms with Crippen molar-refractivity contribution in [1.29, 1.82) is 0 Å². The third-order valence-corrected chi connectivity index (χ3v) is 1.91. The molecule has 0 N–H and O–H groups in total. The number of nitrogens with zero attached hydrogens (tertiary/aromatic N) is 2. The maximum Gasteiger partial charge on any atom is 0.299 e. The summed E-state index contributed by atoms with van der Waals surface area (Å²) in [7, 11) is 0. The van der Waals surface area contributed by atoms with Crippen molar-refractivity contribution in [3.8, 4) is 0 Å². The van der Waals surface area contributed by atoms with E-state index in [2.05, 4.69) is 0 Å². The first-order valence-electron chi connectivity index (χ1n) is 4.12. The van der Waals surface area contributed by atoms with Gasteiger partial charge in [0.15, 0.2) is 0 Å². The average molecular weight is 202 g/mol. The van der Waals surface area contributed by atoms with Crippen LogP contribution in [-0.4, -0.2) is 21.4 Å². The summed E-state index contributed by atoms with van der Waals surface area (Å²) in [6, 6.07) is -1.29. The lowest BCUT2D eigenvalue weighted by atomic mass is 9.94. The van der Waals surface area contributed by atoms with Crippen LogP contribution in [-0.2, 0) is 0 Å². The van der Waals surface area contributed by atoms with Gasteiger partial charge in [-0.2, -0.15) is 0 Å². The average Bonchev–Trinajstić information content (AvgIpc) is 1.98. The lowest BCUT2D eigenvalue weighted by Gasteiger charge is -2.17. The van der Waals surface area contributed by atoms with Gasteiger partial charge >= 0.3 is 0 Å².